The second kappa shape index (κ2) is 4.37. The summed E-state index contributed by atoms with van der Waals surface area (Å²) in [6, 6.07) is 0.0638. The van der Waals surface area contributed by atoms with E-state index in [1.54, 1.807) is 7.11 Å². The van der Waals surface area contributed by atoms with Crippen molar-refractivity contribution in [2.75, 3.05) is 39.9 Å². The molecule has 2 aliphatic heterocycles. The molecule has 0 bridgehead atoms. The number of hydrogen-bond acceptors (Lipinski definition) is 3. The number of carbonyl (C=O) groups excluding carboxylic acids is 1. The number of urea groups is 1. The van der Waals surface area contributed by atoms with Crippen molar-refractivity contribution in [1.82, 2.24) is 15.5 Å². The van der Waals surface area contributed by atoms with Crippen LogP contribution in [0.3, 0.4) is 0 Å². The second-order valence-corrected chi connectivity index (χ2v) is 4.37. The van der Waals surface area contributed by atoms with E-state index in [0.717, 1.165) is 32.5 Å². The predicted molar refractivity (Wildman–Crippen MR) is 56.8 cm³/mol. The normalized spacial score (nSPS) is 24.6. The maximum atomic E-state index is 11.7. The third kappa shape index (κ3) is 2.23. The Labute approximate surface area is 90.1 Å². The minimum Gasteiger partial charge on any atom is -0.383 e. The summed E-state index contributed by atoms with van der Waals surface area (Å²) in [5, 5.41) is 6.43. The molecular formula is C10H19N3O2. The molecule has 5 nitrogen and oxygen atoms in total. The third-order valence-electron chi connectivity index (χ3n) is 3.28. The average molecular weight is 213 g/mol. The zero-order valence-electron chi connectivity index (χ0n) is 9.21. The zero-order chi connectivity index (χ0) is 10.7. The largest absolute Gasteiger partial charge is 0.383 e. The quantitative estimate of drug-likeness (QED) is 0.681. The molecule has 2 heterocycles. The highest BCUT2D eigenvalue weighted by atomic mass is 16.5. The summed E-state index contributed by atoms with van der Waals surface area (Å²) in [6.45, 7) is 4.13. The van der Waals surface area contributed by atoms with E-state index < -0.39 is 0 Å². The zero-order valence-corrected chi connectivity index (χ0v) is 9.21. The monoisotopic (exact) mass is 213 g/mol. The molecule has 2 fully saturated rings. The third-order valence-corrected chi connectivity index (χ3v) is 3.28. The van der Waals surface area contributed by atoms with Gasteiger partial charge >= 0.3 is 6.03 Å². The van der Waals surface area contributed by atoms with Gasteiger partial charge in [0.2, 0.25) is 0 Å². The number of piperidine rings is 1. The fraction of sp³-hybridized carbons (Fsp3) is 0.900. The first-order valence-corrected chi connectivity index (χ1v) is 5.52. The van der Waals surface area contributed by atoms with Crippen LogP contribution in [0.15, 0.2) is 0 Å². The molecule has 2 aliphatic rings. The number of nitrogens with one attached hydrogen (secondary N) is 2. The van der Waals surface area contributed by atoms with Crippen molar-refractivity contribution in [2.45, 2.75) is 18.4 Å². The van der Waals surface area contributed by atoms with Crippen molar-refractivity contribution in [3.8, 4) is 0 Å². The number of nitrogens with zero attached hydrogens (tertiary/aromatic N) is 1. The first-order valence-electron chi connectivity index (χ1n) is 5.52. The summed E-state index contributed by atoms with van der Waals surface area (Å²) in [5.74, 6) is 0. The van der Waals surface area contributed by atoms with Crippen LogP contribution in [0.25, 0.3) is 0 Å². The minimum absolute atomic E-state index is 0.0239. The number of carbonyl (C=O) groups is 1. The van der Waals surface area contributed by atoms with Crippen molar-refractivity contribution < 1.29 is 9.53 Å². The van der Waals surface area contributed by atoms with E-state index >= 15 is 0 Å². The van der Waals surface area contributed by atoms with E-state index in [0.29, 0.717) is 13.2 Å². The lowest BCUT2D eigenvalue weighted by atomic mass is 9.89. The van der Waals surface area contributed by atoms with Gasteiger partial charge in [-0.1, -0.05) is 0 Å². The van der Waals surface area contributed by atoms with Crippen molar-refractivity contribution in [2.24, 2.45) is 0 Å². The van der Waals surface area contributed by atoms with E-state index in [4.69, 9.17) is 4.74 Å². The lowest BCUT2D eigenvalue weighted by molar-refractivity contribution is 0.157. The van der Waals surface area contributed by atoms with E-state index in [9.17, 15) is 4.79 Å². The first-order chi connectivity index (χ1) is 7.26. The number of rotatable bonds is 3. The molecule has 0 aromatic carbocycles. The number of ether oxygens (including phenoxy) is 1. The minimum atomic E-state index is 0.0239. The highest BCUT2D eigenvalue weighted by molar-refractivity contribution is 5.78. The van der Waals surface area contributed by atoms with Crippen LogP contribution in [0.1, 0.15) is 12.8 Å². The summed E-state index contributed by atoms with van der Waals surface area (Å²) in [4.78, 5) is 13.5. The topological polar surface area (TPSA) is 53.6 Å². The van der Waals surface area contributed by atoms with E-state index in [1.165, 1.54) is 0 Å². The predicted octanol–water partition coefficient (Wildman–Crippen LogP) is -0.220. The molecule has 2 rings (SSSR count). The van der Waals surface area contributed by atoms with Gasteiger partial charge in [-0.15, -0.1) is 0 Å². The van der Waals surface area contributed by atoms with Crippen LogP contribution < -0.4 is 10.6 Å². The lowest BCUT2D eigenvalue weighted by Crippen LogP contribution is -2.51. The molecule has 5 heteroatoms. The molecule has 2 N–H and O–H groups in total. The van der Waals surface area contributed by atoms with E-state index in [2.05, 4.69) is 10.6 Å². The Morgan fingerprint density at radius 2 is 2.20 bits per heavy atom. The van der Waals surface area contributed by atoms with Gasteiger partial charge in [0, 0.05) is 20.2 Å². The molecule has 0 unspecified atom stereocenters. The van der Waals surface area contributed by atoms with Crippen molar-refractivity contribution in [3.63, 3.8) is 0 Å². The van der Waals surface area contributed by atoms with Gasteiger partial charge in [0.05, 0.1) is 12.1 Å². The van der Waals surface area contributed by atoms with Gasteiger partial charge in [-0.3, -0.25) is 0 Å². The maximum absolute atomic E-state index is 11.7. The Kier molecular flexibility index (Phi) is 3.11. The average Bonchev–Trinajstić information content (AvgIpc) is 2.53. The Bertz CT molecular complexity index is 239. The summed E-state index contributed by atoms with van der Waals surface area (Å²) < 4.78 is 4.99. The number of amides is 2. The van der Waals surface area contributed by atoms with Crippen molar-refractivity contribution in [1.29, 1.82) is 0 Å². The molecule has 0 aliphatic carbocycles. The Morgan fingerprint density at radius 3 is 2.87 bits per heavy atom. The fourth-order valence-electron chi connectivity index (χ4n) is 2.35. The molecule has 0 atom stereocenters. The number of methoxy groups -OCH3 is 1. The summed E-state index contributed by atoms with van der Waals surface area (Å²) in [5.41, 5.74) is 0.0239. The van der Waals surface area contributed by atoms with Crippen molar-refractivity contribution >= 4 is 6.03 Å². The molecule has 0 radical (unpaired) electrons. The molecular weight excluding hydrogens is 194 g/mol. The summed E-state index contributed by atoms with van der Waals surface area (Å²) in [6.07, 6.45) is 2.06. The summed E-state index contributed by atoms with van der Waals surface area (Å²) >= 11 is 0. The van der Waals surface area contributed by atoms with Crippen molar-refractivity contribution in [3.05, 3.63) is 0 Å². The van der Waals surface area contributed by atoms with Crippen LogP contribution in [0.5, 0.6) is 0 Å². The van der Waals surface area contributed by atoms with Gasteiger partial charge in [-0.2, -0.15) is 0 Å². The molecule has 0 saturated carbocycles. The van der Waals surface area contributed by atoms with Gasteiger partial charge in [0.25, 0.3) is 0 Å². The Morgan fingerprint density at radius 1 is 1.47 bits per heavy atom. The molecule has 0 aromatic rings. The van der Waals surface area contributed by atoms with Gasteiger partial charge in [-0.25, -0.2) is 4.79 Å². The summed E-state index contributed by atoms with van der Waals surface area (Å²) in [7, 11) is 1.66. The SMILES string of the molecule is COCCN1CC2(CCNCC2)NC1=O. The van der Waals surface area contributed by atoms with Crippen LogP contribution in [0.4, 0.5) is 4.79 Å². The van der Waals surface area contributed by atoms with E-state index in [1.807, 2.05) is 4.90 Å². The molecule has 2 saturated heterocycles. The Hall–Kier alpha value is -0.810. The van der Waals surface area contributed by atoms with Crippen LogP contribution in [-0.4, -0.2) is 56.4 Å². The maximum Gasteiger partial charge on any atom is 0.318 e. The second-order valence-electron chi connectivity index (χ2n) is 4.37. The molecule has 1 spiro atoms. The molecule has 2 amide bonds. The first kappa shape index (κ1) is 10.7. The lowest BCUT2D eigenvalue weighted by Gasteiger charge is -2.32. The molecule has 86 valence electrons. The van der Waals surface area contributed by atoms with E-state index in [-0.39, 0.29) is 11.6 Å². The van der Waals surface area contributed by atoms with Gasteiger partial charge in [0.15, 0.2) is 0 Å². The smallest absolute Gasteiger partial charge is 0.318 e. The standard InChI is InChI=1S/C10H19N3O2/c1-15-7-6-13-8-10(12-9(13)14)2-4-11-5-3-10/h11H,2-8H2,1H3,(H,12,14). The number of hydrogen-bond donors (Lipinski definition) is 2. The van der Waals surface area contributed by atoms with Gasteiger partial charge in [0.1, 0.15) is 0 Å². The van der Waals surface area contributed by atoms with Crippen LogP contribution in [0.2, 0.25) is 0 Å². The molecule has 0 aromatic heterocycles. The van der Waals surface area contributed by atoms with Crippen LogP contribution in [-0.2, 0) is 4.74 Å². The van der Waals surface area contributed by atoms with Gasteiger partial charge in [-0.05, 0) is 25.9 Å². The fourth-order valence-corrected chi connectivity index (χ4v) is 2.35. The molecule has 15 heavy (non-hydrogen) atoms. The van der Waals surface area contributed by atoms with Crippen LogP contribution >= 0.6 is 0 Å². The highest BCUT2D eigenvalue weighted by Gasteiger charge is 2.42. The highest BCUT2D eigenvalue weighted by Crippen LogP contribution is 2.24. The van der Waals surface area contributed by atoms with Crippen LogP contribution in [0, 0.1) is 0 Å². The van der Waals surface area contributed by atoms with Gasteiger partial charge < -0.3 is 20.3 Å². The Balaban J connectivity index is 1.92.